The zero-order valence-corrected chi connectivity index (χ0v) is 11.4. The van der Waals surface area contributed by atoms with Crippen LogP contribution in [0.4, 0.5) is 4.79 Å². The molecule has 2 aromatic carbocycles. The maximum Gasteiger partial charge on any atom is 0.516 e. The molecule has 5 heteroatoms. The van der Waals surface area contributed by atoms with E-state index in [2.05, 4.69) is 9.47 Å². The summed E-state index contributed by atoms with van der Waals surface area (Å²) in [7, 11) is 0. The lowest BCUT2D eigenvalue weighted by Gasteiger charge is -2.05. The summed E-state index contributed by atoms with van der Waals surface area (Å²) < 4.78 is 9.04. The second kappa shape index (κ2) is 6.56. The Bertz CT molecular complexity index is 629. The number of ether oxygens (including phenoxy) is 2. The van der Waals surface area contributed by atoms with E-state index in [4.69, 9.17) is 0 Å². The van der Waals surface area contributed by atoms with Crippen LogP contribution in [0.2, 0.25) is 0 Å². The van der Waals surface area contributed by atoms with Crippen LogP contribution in [0.3, 0.4) is 0 Å². The minimum atomic E-state index is -1.01. The average Bonchev–Trinajstić information content (AvgIpc) is 2.48. The largest absolute Gasteiger partial charge is 0.516 e. The van der Waals surface area contributed by atoms with Crippen LogP contribution in [0.15, 0.2) is 48.5 Å². The van der Waals surface area contributed by atoms with Gasteiger partial charge in [0.15, 0.2) is 0 Å². The van der Waals surface area contributed by atoms with E-state index in [9.17, 15) is 14.7 Å². The smallest absolute Gasteiger partial charge is 0.508 e. The number of benzene rings is 2. The Labute approximate surface area is 121 Å². The number of rotatable bonds is 3. The number of hydrogen-bond donors (Lipinski definition) is 1. The predicted molar refractivity (Wildman–Crippen MR) is 76.0 cm³/mol. The van der Waals surface area contributed by atoms with Crippen LogP contribution in [-0.2, 0) is 9.47 Å². The molecule has 0 amide bonds. The van der Waals surface area contributed by atoms with Crippen molar-refractivity contribution < 1.29 is 24.2 Å². The standard InChI is InChI=1S/C16H14O5/c1-2-20-16(19)21-15(18)13-5-3-11(4-6-13)12-7-9-14(17)10-8-12/h3-10,17H,2H2,1H3. The van der Waals surface area contributed by atoms with Gasteiger partial charge in [0.25, 0.3) is 0 Å². The van der Waals surface area contributed by atoms with Gasteiger partial charge in [0, 0.05) is 0 Å². The molecule has 0 aliphatic heterocycles. The highest BCUT2D eigenvalue weighted by Gasteiger charge is 2.13. The van der Waals surface area contributed by atoms with E-state index in [0.717, 1.165) is 11.1 Å². The number of phenols is 1. The molecule has 21 heavy (non-hydrogen) atoms. The molecule has 0 unspecified atom stereocenters. The normalized spacial score (nSPS) is 9.95. The summed E-state index contributed by atoms with van der Waals surface area (Å²) in [5.41, 5.74) is 2.03. The van der Waals surface area contributed by atoms with Gasteiger partial charge in [-0.2, -0.15) is 0 Å². The van der Waals surface area contributed by atoms with Gasteiger partial charge in [0.2, 0.25) is 0 Å². The van der Waals surface area contributed by atoms with Crippen molar-refractivity contribution in [2.45, 2.75) is 6.92 Å². The topological polar surface area (TPSA) is 72.8 Å². The number of aromatic hydroxyl groups is 1. The minimum Gasteiger partial charge on any atom is -0.508 e. The monoisotopic (exact) mass is 286 g/mol. The highest BCUT2D eigenvalue weighted by molar-refractivity contribution is 5.95. The van der Waals surface area contributed by atoms with Crippen molar-refractivity contribution in [3.05, 3.63) is 54.1 Å². The summed E-state index contributed by atoms with van der Waals surface area (Å²) in [6, 6.07) is 13.3. The van der Waals surface area contributed by atoms with E-state index in [1.165, 1.54) is 0 Å². The summed E-state index contributed by atoms with van der Waals surface area (Å²) in [5.74, 6) is -0.570. The molecule has 0 spiro atoms. The van der Waals surface area contributed by atoms with E-state index in [0.29, 0.717) is 0 Å². The molecule has 5 nitrogen and oxygen atoms in total. The summed E-state index contributed by atoms with van der Waals surface area (Å²) in [4.78, 5) is 22.7. The van der Waals surface area contributed by atoms with Crippen LogP contribution in [0.5, 0.6) is 5.75 Å². The van der Waals surface area contributed by atoms with Gasteiger partial charge in [0.05, 0.1) is 12.2 Å². The van der Waals surface area contributed by atoms with Crippen molar-refractivity contribution >= 4 is 12.1 Å². The van der Waals surface area contributed by atoms with Gasteiger partial charge in [-0.3, -0.25) is 0 Å². The first-order chi connectivity index (χ1) is 10.1. The van der Waals surface area contributed by atoms with Crippen LogP contribution >= 0.6 is 0 Å². The molecule has 2 aromatic rings. The first kappa shape index (κ1) is 14.6. The fourth-order valence-corrected chi connectivity index (χ4v) is 1.73. The molecule has 0 saturated carbocycles. The van der Waals surface area contributed by atoms with Gasteiger partial charge in [-0.1, -0.05) is 24.3 Å². The number of carbonyl (C=O) groups is 2. The Morgan fingerprint density at radius 2 is 1.48 bits per heavy atom. The van der Waals surface area contributed by atoms with Crippen LogP contribution in [0.25, 0.3) is 11.1 Å². The van der Waals surface area contributed by atoms with E-state index < -0.39 is 12.1 Å². The third-order valence-electron chi connectivity index (χ3n) is 2.76. The fourth-order valence-electron chi connectivity index (χ4n) is 1.73. The summed E-state index contributed by atoms with van der Waals surface area (Å²) >= 11 is 0. The van der Waals surface area contributed by atoms with Crippen molar-refractivity contribution in [2.75, 3.05) is 6.61 Å². The fraction of sp³-hybridized carbons (Fsp3) is 0.125. The number of carbonyl (C=O) groups excluding carboxylic acids is 2. The lowest BCUT2D eigenvalue weighted by atomic mass is 10.0. The molecule has 2 rings (SSSR count). The van der Waals surface area contributed by atoms with Gasteiger partial charge in [0.1, 0.15) is 5.75 Å². The van der Waals surface area contributed by atoms with E-state index in [1.807, 2.05) is 0 Å². The number of hydrogen-bond acceptors (Lipinski definition) is 5. The number of esters is 1. The average molecular weight is 286 g/mol. The molecule has 108 valence electrons. The third-order valence-corrected chi connectivity index (χ3v) is 2.76. The van der Waals surface area contributed by atoms with Crippen molar-refractivity contribution in [3.63, 3.8) is 0 Å². The first-order valence-corrected chi connectivity index (χ1v) is 6.38. The van der Waals surface area contributed by atoms with E-state index >= 15 is 0 Å². The van der Waals surface area contributed by atoms with Crippen LogP contribution in [-0.4, -0.2) is 23.8 Å². The molecule has 0 aliphatic rings. The maximum atomic E-state index is 11.7. The van der Waals surface area contributed by atoms with Gasteiger partial charge in [-0.25, -0.2) is 9.59 Å². The predicted octanol–water partition coefficient (Wildman–Crippen LogP) is 3.37. The van der Waals surface area contributed by atoms with Crippen molar-refractivity contribution in [1.82, 2.24) is 0 Å². The minimum absolute atomic E-state index is 0.145. The van der Waals surface area contributed by atoms with Crippen LogP contribution in [0.1, 0.15) is 17.3 Å². The molecule has 0 aromatic heterocycles. The highest BCUT2D eigenvalue weighted by Crippen LogP contribution is 2.22. The second-order valence-corrected chi connectivity index (χ2v) is 4.20. The number of phenolic OH excluding ortho intramolecular Hbond substituents is 1. The van der Waals surface area contributed by atoms with Crippen LogP contribution in [0, 0.1) is 0 Å². The Balaban J connectivity index is 2.10. The third kappa shape index (κ3) is 3.82. The Hall–Kier alpha value is -2.82. The van der Waals surface area contributed by atoms with E-state index in [-0.39, 0.29) is 17.9 Å². The molecule has 0 radical (unpaired) electrons. The molecule has 1 N–H and O–H groups in total. The summed E-state index contributed by atoms with van der Waals surface area (Å²) in [5, 5.41) is 9.24. The molecule has 0 heterocycles. The maximum absolute atomic E-state index is 11.7. The van der Waals surface area contributed by atoms with Gasteiger partial charge in [-0.05, 0) is 42.3 Å². The molecular weight excluding hydrogens is 272 g/mol. The molecule has 0 aliphatic carbocycles. The van der Waals surface area contributed by atoms with Crippen LogP contribution < -0.4 is 0 Å². The molecule has 0 bridgehead atoms. The quantitative estimate of drug-likeness (QED) is 0.691. The first-order valence-electron chi connectivity index (χ1n) is 6.38. The molecular formula is C16H14O5. The zero-order valence-electron chi connectivity index (χ0n) is 11.4. The van der Waals surface area contributed by atoms with Gasteiger partial charge < -0.3 is 14.6 Å². The second-order valence-electron chi connectivity index (χ2n) is 4.20. The lowest BCUT2D eigenvalue weighted by Crippen LogP contribution is -2.13. The van der Waals surface area contributed by atoms with Gasteiger partial charge >= 0.3 is 12.1 Å². The van der Waals surface area contributed by atoms with Crippen molar-refractivity contribution in [1.29, 1.82) is 0 Å². The molecule has 0 fully saturated rings. The molecule has 0 atom stereocenters. The Morgan fingerprint density at radius 1 is 0.952 bits per heavy atom. The summed E-state index contributed by atoms with van der Waals surface area (Å²) in [6.07, 6.45) is -1.01. The summed E-state index contributed by atoms with van der Waals surface area (Å²) in [6.45, 7) is 1.77. The zero-order chi connectivity index (χ0) is 15.2. The lowest BCUT2D eigenvalue weighted by molar-refractivity contribution is 0.0401. The van der Waals surface area contributed by atoms with Gasteiger partial charge in [-0.15, -0.1) is 0 Å². The highest BCUT2D eigenvalue weighted by atomic mass is 16.7. The van der Waals surface area contributed by atoms with Crippen molar-refractivity contribution in [3.8, 4) is 16.9 Å². The Morgan fingerprint density at radius 3 is 2.00 bits per heavy atom. The SMILES string of the molecule is CCOC(=O)OC(=O)c1ccc(-c2ccc(O)cc2)cc1. The van der Waals surface area contributed by atoms with E-state index in [1.54, 1.807) is 55.5 Å². The molecule has 0 saturated heterocycles. The van der Waals surface area contributed by atoms with Crippen molar-refractivity contribution in [2.24, 2.45) is 0 Å². The Kier molecular flexibility index (Phi) is 4.56.